The number of likely N-dealkylation sites (tertiary alicyclic amines) is 2. The monoisotopic (exact) mass is 323 g/mol. The van der Waals surface area contributed by atoms with E-state index in [1.165, 1.54) is 12.8 Å². The summed E-state index contributed by atoms with van der Waals surface area (Å²) >= 11 is 0. The number of para-hydroxylation sites is 1. The fourth-order valence-electron chi connectivity index (χ4n) is 4.50. The Morgan fingerprint density at radius 3 is 2.75 bits per heavy atom. The molecule has 3 heterocycles. The maximum absolute atomic E-state index is 13.0. The van der Waals surface area contributed by atoms with Crippen LogP contribution in [0.3, 0.4) is 0 Å². The fourth-order valence-corrected chi connectivity index (χ4v) is 4.50. The molecule has 2 aromatic rings. The van der Waals surface area contributed by atoms with Crippen molar-refractivity contribution in [2.45, 2.75) is 44.2 Å². The predicted molar refractivity (Wildman–Crippen MR) is 95.8 cm³/mol. The van der Waals surface area contributed by atoms with Crippen LogP contribution >= 0.6 is 0 Å². The molecule has 1 amide bonds. The van der Waals surface area contributed by atoms with Gasteiger partial charge in [0.15, 0.2) is 0 Å². The molecule has 0 unspecified atom stereocenters. The number of hydrogen-bond donors (Lipinski definition) is 0. The maximum Gasteiger partial charge on any atom is 0.227 e. The van der Waals surface area contributed by atoms with E-state index in [4.69, 9.17) is 0 Å². The summed E-state index contributed by atoms with van der Waals surface area (Å²) in [7, 11) is 2.20. The van der Waals surface area contributed by atoms with Crippen LogP contribution in [-0.4, -0.2) is 52.9 Å². The number of aromatic nitrogens is 1. The van der Waals surface area contributed by atoms with Crippen molar-refractivity contribution in [3.05, 3.63) is 42.1 Å². The van der Waals surface area contributed by atoms with Crippen LogP contribution in [0.1, 0.15) is 31.2 Å². The Labute approximate surface area is 143 Å². The molecule has 0 aliphatic carbocycles. The molecule has 0 N–H and O–H groups in total. The smallest absolute Gasteiger partial charge is 0.227 e. The van der Waals surface area contributed by atoms with Gasteiger partial charge in [0.05, 0.1) is 11.9 Å². The third-order valence-electron chi connectivity index (χ3n) is 5.70. The maximum atomic E-state index is 13.0. The summed E-state index contributed by atoms with van der Waals surface area (Å²) in [5.41, 5.74) is 2.01. The standard InChI is InChI=1S/C20H25N3O/c1-22-12-4-9-17(22)18-10-5-13-23(18)19(24)14-16-7-2-6-15-8-3-11-21-20(15)16/h2-3,6-8,11,17-18H,4-5,9-10,12-14H2,1H3/t17-,18-/m0/s1. The first-order chi connectivity index (χ1) is 11.7. The van der Waals surface area contributed by atoms with E-state index in [2.05, 4.69) is 34.0 Å². The van der Waals surface area contributed by atoms with Gasteiger partial charge in [0.1, 0.15) is 0 Å². The average molecular weight is 323 g/mol. The highest BCUT2D eigenvalue weighted by Gasteiger charge is 2.38. The molecule has 1 aromatic heterocycles. The Bertz CT molecular complexity index is 739. The van der Waals surface area contributed by atoms with Crippen LogP contribution in [-0.2, 0) is 11.2 Å². The second kappa shape index (κ2) is 6.52. The van der Waals surface area contributed by atoms with E-state index in [-0.39, 0.29) is 5.91 Å². The number of nitrogens with zero attached hydrogens (tertiary/aromatic N) is 3. The van der Waals surface area contributed by atoms with Crippen LogP contribution in [0.5, 0.6) is 0 Å². The molecule has 126 valence electrons. The first kappa shape index (κ1) is 15.6. The molecule has 2 aliphatic heterocycles. The third kappa shape index (κ3) is 2.80. The lowest BCUT2D eigenvalue weighted by Gasteiger charge is -2.33. The van der Waals surface area contributed by atoms with Gasteiger partial charge in [-0.25, -0.2) is 0 Å². The summed E-state index contributed by atoms with van der Waals surface area (Å²) in [5.74, 6) is 0.260. The Morgan fingerprint density at radius 1 is 1.12 bits per heavy atom. The van der Waals surface area contributed by atoms with E-state index in [1.807, 2.05) is 24.4 Å². The highest BCUT2D eigenvalue weighted by atomic mass is 16.2. The number of carbonyl (C=O) groups is 1. The van der Waals surface area contributed by atoms with E-state index >= 15 is 0 Å². The number of pyridine rings is 1. The molecule has 4 rings (SSSR count). The van der Waals surface area contributed by atoms with Crippen molar-refractivity contribution in [2.24, 2.45) is 0 Å². The zero-order valence-electron chi connectivity index (χ0n) is 14.3. The number of fused-ring (bicyclic) bond motifs is 1. The van der Waals surface area contributed by atoms with Gasteiger partial charge in [-0.05, 0) is 50.9 Å². The summed E-state index contributed by atoms with van der Waals surface area (Å²) in [6.45, 7) is 2.07. The Balaban J connectivity index is 1.54. The lowest BCUT2D eigenvalue weighted by atomic mass is 10.0. The number of amides is 1. The number of rotatable bonds is 3. The lowest BCUT2D eigenvalue weighted by molar-refractivity contribution is -0.132. The summed E-state index contributed by atoms with van der Waals surface area (Å²) in [6.07, 6.45) is 7.03. The van der Waals surface area contributed by atoms with E-state index in [0.29, 0.717) is 18.5 Å². The number of benzene rings is 1. The van der Waals surface area contributed by atoms with E-state index in [0.717, 1.165) is 42.4 Å². The van der Waals surface area contributed by atoms with Gasteiger partial charge in [0.2, 0.25) is 5.91 Å². The molecule has 2 fully saturated rings. The fraction of sp³-hybridized carbons (Fsp3) is 0.500. The van der Waals surface area contributed by atoms with Crippen molar-refractivity contribution in [2.75, 3.05) is 20.1 Å². The molecule has 2 atom stereocenters. The average Bonchev–Trinajstić information content (AvgIpc) is 3.23. The van der Waals surface area contributed by atoms with Crippen molar-refractivity contribution in [3.63, 3.8) is 0 Å². The molecule has 0 radical (unpaired) electrons. The Hall–Kier alpha value is -1.94. The normalized spacial score (nSPS) is 24.8. The second-order valence-electron chi connectivity index (χ2n) is 7.16. The molecule has 2 saturated heterocycles. The Morgan fingerprint density at radius 2 is 1.92 bits per heavy atom. The first-order valence-corrected chi connectivity index (χ1v) is 9.06. The van der Waals surface area contributed by atoms with Crippen molar-refractivity contribution in [1.82, 2.24) is 14.8 Å². The second-order valence-corrected chi connectivity index (χ2v) is 7.16. The highest BCUT2D eigenvalue weighted by Crippen LogP contribution is 2.29. The molecule has 0 saturated carbocycles. The largest absolute Gasteiger partial charge is 0.338 e. The quantitative estimate of drug-likeness (QED) is 0.871. The summed E-state index contributed by atoms with van der Waals surface area (Å²) in [4.78, 5) is 22.1. The highest BCUT2D eigenvalue weighted by molar-refractivity contribution is 5.87. The van der Waals surface area contributed by atoms with Crippen molar-refractivity contribution in [3.8, 4) is 0 Å². The Kier molecular flexibility index (Phi) is 4.23. The lowest BCUT2D eigenvalue weighted by Crippen LogP contribution is -2.47. The van der Waals surface area contributed by atoms with Crippen molar-refractivity contribution < 1.29 is 4.79 Å². The molecule has 4 heteroatoms. The summed E-state index contributed by atoms with van der Waals surface area (Å²) in [6, 6.07) is 11.1. The first-order valence-electron chi connectivity index (χ1n) is 9.06. The van der Waals surface area contributed by atoms with Crippen LogP contribution in [0.4, 0.5) is 0 Å². The predicted octanol–water partition coefficient (Wildman–Crippen LogP) is 2.86. The van der Waals surface area contributed by atoms with Gasteiger partial charge in [-0.3, -0.25) is 9.78 Å². The van der Waals surface area contributed by atoms with Crippen LogP contribution < -0.4 is 0 Å². The van der Waals surface area contributed by atoms with Crippen LogP contribution in [0.25, 0.3) is 10.9 Å². The molecule has 0 spiro atoms. The molecule has 0 bridgehead atoms. The minimum atomic E-state index is 0.260. The molecule has 24 heavy (non-hydrogen) atoms. The summed E-state index contributed by atoms with van der Waals surface area (Å²) in [5, 5.41) is 1.11. The van der Waals surface area contributed by atoms with Gasteiger partial charge in [-0.1, -0.05) is 24.3 Å². The number of hydrogen-bond acceptors (Lipinski definition) is 3. The molecule has 4 nitrogen and oxygen atoms in total. The van der Waals surface area contributed by atoms with Crippen LogP contribution in [0.15, 0.2) is 36.5 Å². The van der Waals surface area contributed by atoms with Gasteiger partial charge < -0.3 is 9.80 Å². The third-order valence-corrected chi connectivity index (χ3v) is 5.70. The SMILES string of the molecule is CN1CCC[C@H]1[C@@H]1CCCN1C(=O)Cc1cccc2cccnc12. The zero-order chi connectivity index (χ0) is 16.5. The molecular formula is C20H25N3O. The zero-order valence-corrected chi connectivity index (χ0v) is 14.3. The van der Waals surface area contributed by atoms with E-state index < -0.39 is 0 Å². The number of carbonyl (C=O) groups excluding carboxylic acids is 1. The van der Waals surface area contributed by atoms with Crippen molar-refractivity contribution >= 4 is 16.8 Å². The van der Waals surface area contributed by atoms with E-state index in [9.17, 15) is 4.79 Å². The number of likely N-dealkylation sites (N-methyl/N-ethyl adjacent to an activating group) is 1. The van der Waals surface area contributed by atoms with Gasteiger partial charge in [0.25, 0.3) is 0 Å². The van der Waals surface area contributed by atoms with Gasteiger partial charge in [-0.15, -0.1) is 0 Å². The molecule has 1 aromatic carbocycles. The van der Waals surface area contributed by atoms with Gasteiger partial charge in [-0.2, -0.15) is 0 Å². The van der Waals surface area contributed by atoms with Gasteiger partial charge >= 0.3 is 0 Å². The van der Waals surface area contributed by atoms with Crippen LogP contribution in [0.2, 0.25) is 0 Å². The summed E-state index contributed by atoms with van der Waals surface area (Å²) < 4.78 is 0. The van der Waals surface area contributed by atoms with Crippen LogP contribution in [0, 0.1) is 0 Å². The minimum Gasteiger partial charge on any atom is -0.338 e. The topological polar surface area (TPSA) is 36.4 Å². The van der Waals surface area contributed by atoms with Gasteiger partial charge in [0, 0.05) is 30.2 Å². The molecular weight excluding hydrogens is 298 g/mol. The van der Waals surface area contributed by atoms with Crippen molar-refractivity contribution in [1.29, 1.82) is 0 Å². The van der Waals surface area contributed by atoms with E-state index in [1.54, 1.807) is 0 Å². The molecule has 2 aliphatic rings. The minimum absolute atomic E-state index is 0.260.